The normalized spacial score (nSPS) is 20.4. The molecule has 0 aliphatic carbocycles. The van der Waals surface area contributed by atoms with Crippen LogP contribution in [0.4, 0.5) is 0 Å². The van der Waals surface area contributed by atoms with Crippen LogP contribution in [-0.2, 0) is 33.5 Å². The Hall–Kier alpha value is -2.45. The van der Waals surface area contributed by atoms with Crippen LogP contribution in [-0.4, -0.2) is 40.1 Å². The molecule has 1 saturated heterocycles. The fraction of sp³-hybridized carbons (Fsp3) is 0.348. The molecule has 2 heterocycles. The molecule has 0 saturated carbocycles. The smallest absolute Gasteiger partial charge is 0.338 e. The zero-order chi connectivity index (χ0) is 22.6. The Morgan fingerprint density at radius 2 is 2.06 bits per heavy atom. The van der Waals surface area contributed by atoms with Gasteiger partial charge in [0, 0.05) is 30.5 Å². The van der Waals surface area contributed by atoms with Crippen LogP contribution in [0.1, 0.15) is 34.6 Å². The summed E-state index contributed by atoms with van der Waals surface area (Å²) < 4.78 is 19.7. The SMILES string of the molecule is Cn1ncnc1CCC[C@]1(c2ccc(Cl)cc2Cl)OC[C@@H](COC(=O)c2ccccc2)O1. The molecule has 9 heteroatoms. The lowest BCUT2D eigenvalue weighted by Gasteiger charge is -2.29. The van der Waals surface area contributed by atoms with E-state index in [0.29, 0.717) is 34.0 Å². The number of nitrogens with zero attached hydrogens (tertiary/aromatic N) is 3. The van der Waals surface area contributed by atoms with Crippen LogP contribution in [0.15, 0.2) is 54.9 Å². The van der Waals surface area contributed by atoms with Crippen molar-refractivity contribution in [3.8, 4) is 0 Å². The number of aromatic nitrogens is 3. The number of benzene rings is 2. The summed E-state index contributed by atoms with van der Waals surface area (Å²) in [5.41, 5.74) is 1.18. The van der Waals surface area contributed by atoms with Crippen molar-refractivity contribution in [2.75, 3.05) is 13.2 Å². The average Bonchev–Trinajstić information content (AvgIpc) is 3.39. The maximum Gasteiger partial charge on any atom is 0.338 e. The highest BCUT2D eigenvalue weighted by Gasteiger charge is 2.44. The number of carbonyl (C=O) groups is 1. The second-order valence-electron chi connectivity index (χ2n) is 7.55. The molecular weight excluding hydrogens is 453 g/mol. The molecule has 7 nitrogen and oxygen atoms in total. The summed E-state index contributed by atoms with van der Waals surface area (Å²) in [6.45, 7) is 0.342. The molecule has 0 bridgehead atoms. The van der Waals surface area contributed by atoms with E-state index in [-0.39, 0.29) is 13.2 Å². The van der Waals surface area contributed by atoms with E-state index in [4.69, 9.17) is 37.4 Å². The molecule has 1 aliphatic heterocycles. The van der Waals surface area contributed by atoms with Crippen molar-refractivity contribution in [2.45, 2.75) is 31.2 Å². The predicted molar refractivity (Wildman–Crippen MR) is 120 cm³/mol. The Labute approximate surface area is 196 Å². The number of carbonyl (C=O) groups excluding carboxylic acids is 1. The Morgan fingerprint density at radius 3 is 2.78 bits per heavy atom. The van der Waals surface area contributed by atoms with Crippen LogP contribution in [0.3, 0.4) is 0 Å². The van der Waals surface area contributed by atoms with E-state index in [9.17, 15) is 4.79 Å². The van der Waals surface area contributed by atoms with Gasteiger partial charge in [0.1, 0.15) is 24.9 Å². The summed E-state index contributed by atoms with van der Waals surface area (Å²) in [6, 6.07) is 14.1. The number of aryl methyl sites for hydroxylation is 2. The van der Waals surface area contributed by atoms with Crippen molar-refractivity contribution in [2.24, 2.45) is 7.05 Å². The summed E-state index contributed by atoms with van der Waals surface area (Å²) in [6.07, 6.45) is 3.06. The lowest BCUT2D eigenvalue weighted by atomic mass is 9.99. The maximum absolute atomic E-state index is 12.3. The van der Waals surface area contributed by atoms with Gasteiger partial charge < -0.3 is 14.2 Å². The van der Waals surface area contributed by atoms with Gasteiger partial charge in [0.25, 0.3) is 0 Å². The number of ether oxygens (including phenoxy) is 3. The first-order valence-electron chi connectivity index (χ1n) is 10.3. The van der Waals surface area contributed by atoms with Crippen molar-refractivity contribution in [3.63, 3.8) is 0 Å². The molecule has 2 atom stereocenters. The first-order chi connectivity index (χ1) is 15.5. The first kappa shape index (κ1) is 22.7. The zero-order valence-corrected chi connectivity index (χ0v) is 19.1. The van der Waals surface area contributed by atoms with Crippen LogP contribution in [0.5, 0.6) is 0 Å². The number of hydrogen-bond acceptors (Lipinski definition) is 6. The van der Waals surface area contributed by atoms with Gasteiger partial charge in [0.15, 0.2) is 5.79 Å². The second-order valence-corrected chi connectivity index (χ2v) is 8.39. The van der Waals surface area contributed by atoms with E-state index in [1.165, 1.54) is 6.33 Å². The molecule has 0 radical (unpaired) electrons. The predicted octanol–water partition coefficient (Wildman–Crippen LogP) is 4.57. The van der Waals surface area contributed by atoms with Gasteiger partial charge in [-0.3, -0.25) is 4.68 Å². The summed E-state index contributed by atoms with van der Waals surface area (Å²) in [5, 5.41) is 5.09. The molecule has 0 amide bonds. The highest BCUT2D eigenvalue weighted by atomic mass is 35.5. The van der Waals surface area contributed by atoms with E-state index >= 15 is 0 Å². The summed E-state index contributed by atoms with van der Waals surface area (Å²) in [5.74, 6) is -0.600. The van der Waals surface area contributed by atoms with Gasteiger partial charge in [-0.25, -0.2) is 9.78 Å². The quantitative estimate of drug-likeness (QED) is 0.444. The molecule has 0 spiro atoms. The Morgan fingerprint density at radius 1 is 1.25 bits per heavy atom. The molecule has 2 aromatic carbocycles. The number of hydrogen-bond donors (Lipinski definition) is 0. The molecule has 3 aromatic rings. The van der Waals surface area contributed by atoms with Gasteiger partial charge in [-0.15, -0.1) is 0 Å². The molecule has 32 heavy (non-hydrogen) atoms. The third kappa shape index (κ3) is 5.13. The van der Waals surface area contributed by atoms with Gasteiger partial charge in [-0.05, 0) is 30.7 Å². The summed E-state index contributed by atoms with van der Waals surface area (Å²) in [7, 11) is 1.86. The Kier molecular flexibility index (Phi) is 7.10. The van der Waals surface area contributed by atoms with Crippen LogP contribution >= 0.6 is 23.2 Å². The minimum Gasteiger partial charge on any atom is -0.459 e. The van der Waals surface area contributed by atoms with Gasteiger partial charge in [0.05, 0.1) is 17.2 Å². The van der Waals surface area contributed by atoms with Crippen molar-refractivity contribution < 1.29 is 19.0 Å². The molecular formula is C23H23Cl2N3O4. The Balaban J connectivity index is 1.46. The highest BCUT2D eigenvalue weighted by Crippen LogP contribution is 2.42. The Bertz CT molecular complexity index is 1080. The van der Waals surface area contributed by atoms with Gasteiger partial charge in [0.2, 0.25) is 0 Å². The molecule has 1 fully saturated rings. The molecule has 4 rings (SSSR count). The van der Waals surface area contributed by atoms with Crippen molar-refractivity contribution >= 4 is 29.2 Å². The number of rotatable bonds is 8. The van der Waals surface area contributed by atoms with Crippen LogP contribution in [0.25, 0.3) is 0 Å². The molecule has 1 aliphatic rings. The van der Waals surface area contributed by atoms with Crippen molar-refractivity contribution in [1.29, 1.82) is 0 Å². The minimum atomic E-state index is -1.07. The fourth-order valence-corrected chi connectivity index (χ4v) is 4.26. The maximum atomic E-state index is 12.3. The third-order valence-corrected chi connectivity index (χ3v) is 5.87. The molecule has 168 valence electrons. The lowest BCUT2D eigenvalue weighted by Crippen LogP contribution is -2.30. The monoisotopic (exact) mass is 475 g/mol. The van der Waals surface area contributed by atoms with E-state index in [1.54, 1.807) is 41.1 Å². The average molecular weight is 476 g/mol. The lowest BCUT2D eigenvalue weighted by molar-refractivity contribution is -0.185. The topological polar surface area (TPSA) is 75.5 Å². The van der Waals surface area contributed by atoms with Crippen LogP contribution < -0.4 is 0 Å². The number of halogens is 2. The molecule has 0 N–H and O–H groups in total. The van der Waals surface area contributed by atoms with Crippen molar-refractivity contribution in [1.82, 2.24) is 14.8 Å². The van der Waals surface area contributed by atoms with Crippen LogP contribution in [0.2, 0.25) is 10.0 Å². The van der Waals surface area contributed by atoms with Gasteiger partial charge in [-0.1, -0.05) is 47.5 Å². The second kappa shape index (κ2) is 10.0. The minimum absolute atomic E-state index is 0.0734. The van der Waals surface area contributed by atoms with Gasteiger partial charge >= 0.3 is 5.97 Å². The van der Waals surface area contributed by atoms with Gasteiger partial charge in [-0.2, -0.15) is 5.10 Å². The van der Waals surface area contributed by atoms with Crippen molar-refractivity contribution in [3.05, 3.63) is 81.9 Å². The highest BCUT2D eigenvalue weighted by molar-refractivity contribution is 6.35. The molecule has 1 aromatic heterocycles. The largest absolute Gasteiger partial charge is 0.459 e. The molecule has 0 unspecified atom stereocenters. The van der Waals surface area contributed by atoms with E-state index in [2.05, 4.69) is 10.1 Å². The number of esters is 1. The summed E-state index contributed by atoms with van der Waals surface area (Å²) in [4.78, 5) is 16.6. The summed E-state index contributed by atoms with van der Waals surface area (Å²) >= 11 is 12.6. The third-order valence-electron chi connectivity index (χ3n) is 5.32. The van der Waals surface area contributed by atoms with E-state index < -0.39 is 17.9 Å². The standard InChI is InChI=1S/C23H23Cl2N3O4/c1-28-21(26-15-27-28)8-5-11-23(19-10-9-17(24)12-20(19)25)31-14-18(32-23)13-30-22(29)16-6-3-2-4-7-16/h2-4,6-7,9-10,12,15,18H,5,8,11,13-14H2,1H3/t18-,23+/m1/s1. The first-order valence-corrected chi connectivity index (χ1v) is 11.0. The fourth-order valence-electron chi connectivity index (χ4n) is 3.70. The zero-order valence-electron chi connectivity index (χ0n) is 17.5. The van der Waals surface area contributed by atoms with E-state index in [0.717, 1.165) is 12.2 Å². The van der Waals surface area contributed by atoms with Crippen LogP contribution in [0, 0.1) is 0 Å². The van der Waals surface area contributed by atoms with E-state index in [1.807, 2.05) is 19.2 Å².